The summed E-state index contributed by atoms with van der Waals surface area (Å²) in [4.78, 5) is 33.6. The number of oxime groups is 1. The summed E-state index contributed by atoms with van der Waals surface area (Å²) in [7, 11) is 1.59. The molecule has 0 saturated carbocycles. The second-order valence-corrected chi connectivity index (χ2v) is 10.2. The van der Waals surface area contributed by atoms with Crippen LogP contribution in [0.4, 0.5) is 0 Å². The van der Waals surface area contributed by atoms with E-state index in [2.05, 4.69) is 59.9 Å². The molecule has 0 N–H and O–H groups in total. The highest BCUT2D eigenvalue weighted by atomic mass is 79.9. The normalized spacial score (nSPS) is 19.3. The molecule has 0 spiro atoms. The van der Waals surface area contributed by atoms with E-state index >= 15 is 0 Å². The zero-order valence-electron chi connectivity index (χ0n) is 20.4. The fraction of sp³-hybridized carbons (Fsp3) is 0.520. The first kappa shape index (κ1) is 24.6. The highest BCUT2D eigenvalue weighted by Gasteiger charge is 2.39. The number of rotatable bonds is 4. The van der Waals surface area contributed by atoms with Crippen LogP contribution in [-0.2, 0) is 4.84 Å². The molecule has 0 bridgehead atoms. The lowest BCUT2D eigenvalue weighted by Crippen LogP contribution is -2.60. The summed E-state index contributed by atoms with van der Waals surface area (Å²) in [5, 5.41) is 4.33. The predicted molar refractivity (Wildman–Crippen MR) is 136 cm³/mol. The number of likely N-dealkylation sites (tertiary alicyclic amines) is 1. The van der Waals surface area contributed by atoms with Crippen LogP contribution in [0.3, 0.4) is 0 Å². The molecule has 2 aliphatic heterocycles. The summed E-state index contributed by atoms with van der Waals surface area (Å²) < 4.78 is 1.04. The van der Waals surface area contributed by atoms with E-state index < -0.39 is 0 Å². The molecule has 2 fully saturated rings. The molecule has 8 nitrogen and oxygen atoms in total. The van der Waals surface area contributed by atoms with Crippen molar-refractivity contribution in [1.29, 1.82) is 0 Å². The summed E-state index contributed by atoms with van der Waals surface area (Å²) in [6.07, 6.45) is 3.43. The minimum absolute atomic E-state index is 0.0531. The number of piperidine rings is 1. The Morgan fingerprint density at radius 2 is 1.56 bits per heavy atom. The van der Waals surface area contributed by atoms with Gasteiger partial charge in [0.2, 0.25) is 0 Å². The zero-order valence-corrected chi connectivity index (χ0v) is 22.0. The van der Waals surface area contributed by atoms with Crippen molar-refractivity contribution in [3.05, 3.63) is 57.6 Å². The average molecular weight is 529 g/mol. The van der Waals surface area contributed by atoms with Crippen LogP contribution in [-0.4, -0.2) is 88.3 Å². The fourth-order valence-electron chi connectivity index (χ4n) is 5.00. The van der Waals surface area contributed by atoms with Gasteiger partial charge in [-0.15, -0.1) is 0 Å². The Labute approximate surface area is 210 Å². The summed E-state index contributed by atoms with van der Waals surface area (Å²) in [6.45, 7) is 11.3. The maximum atomic E-state index is 13.2. The second kappa shape index (κ2) is 10.4. The van der Waals surface area contributed by atoms with E-state index in [0.29, 0.717) is 5.56 Å². The monoisotopic (exact) mass is 528 g/mol. The Kier molecular flexibility index (Phi) is 7.52. The van der Waals surface area contributed by atoms with E-state index in [1.54, 1.807) is 7.11 Å². The van der Waals surface area contributed by atoms with Gasteiger partial charge in [0, 0.05) is 54.8 Å². The molecule has 0 radical (unpaired) electrons. The smallest absolute Gasteiger partial charge is 0.257 e. The van der Waals surface area contributed by atoms with Crippen LogP contribution >= 0.6 is 15.9 Å². The van der Waals surface area contributed by atoms with Crippen molar-refractivity contribution in [2.45, 2.75) is 39.2 Å². The van der Waals surface area contributed by atoms with E-state index in [1.807, 2.05) is 30.9 Å². The highest BCUT2D eigenvalue weighted by Crippen LogP contribution is 2.31. The van der Waals surface area contributed by atoms with Crippen molar-refractivity contribution in [3.63, 3.8) is 0 Å². The third-order valence-corrected chi connectivity index (χ3v) is 7.72. The number of piperazine rings is 1. The molecule has 2 aromatic rings. The summed E-state index contributed by atoms with van der Waals surface area (Å²) in [6, 6.07) is 8.17. The quantitative estimate of drug-likeness (QED) is 0.343. The van der Waals surface area contributed by atoms with E-state index in [1.165, 1.54) is 6.33 Å². The number of halogens is 1. The van der Waals surface area contributed by atoms with Gasteiger partial charge < -0.3 is 14.6 Å². The Morgan fingerprint density at radius 1 is 0.971 bits per heavy atom. The second-order valence-electron chi connectivity index (χ2n) is 9.29. The van der Waals surface area contributed by atoms with Gasteiger partial charge in [0.05, 0.1) is 17.0 Å². The Balaban J connectivity index is 1.37. The van der Waals surface area contributed by atoms with Crippen molar-refractivity contribution >= 4 is 27.7 Å². The van der Waals surface area contributed by atoms with Gasteiger partial charge in [-0.05, 0) is 45.7 Å². The number of carbonyl (C=O) groups excluding carboxylic acids is 1. The molecule has 1 aromatic carbocycles. The lowest BCUT2D eigenvalue weighted by Gasteiger charge is -2.50. The van der Waals surface area contributed by atoms with Gasteiger partial charge in [0.15, 0.2) is 5.84 Å². The van der Waals surface area contributed by atoms with Crippen molar-refractivity contribution in [2.24, 2.45) is 5.16 Å². The number of hydrogen-bond donors (Lipinski definition) is 0. The topological polar surface area (TPSA) is 74.2 Å². The van der Waals surface area contributed by atoms with E-state index in [-0.39, 0.29) is 11.4 Å². The van der Waals surface area contributed by atoms with Crippen molar-refractivity contribution in [2.75, 3.05) is 46.4 Å². The Bertz CT molecular complexity index is 1020. The summed E-state index contributed by atoms with van der Waals surface area (Å²) in [5.74, 6) is 0.924. The molecule has 182 valence electrons. The third kappa shape index (κ3) is 5.10. The third-order valence-electron chi connectivity index (χ3n) is 7.19. The van der Waals surface area contributed by atoms with Crippen LogP contribution in [0, 0.1) is 13.8 Å². The number of carbonyl (C=O) groups is 1. The minimum atomic E-state index is 0.0531. The standard InChI is InChI=1S/C25H33BrN6O2/c1-18-22(19(2)28-17-27-18)24(33)31-11-9-25(3,10-12-31)32-15-13-30(14-16-32)23(29-34-4)20-5-7-21(26)8-6-20/h5-8,17H,9-16H2,1-4H3/b29-23+. The zero-order chi connectivity index (χ0) is 24.3. The van der Waals surface area contributed by atoms with Crippen molar-refractivity contribution in [1.82, 2.24) is 24.7 Å². The number of amides is 1. The lowest BCUT2D eigenvalue weighted by atomic mass is 9.86. The molecule has 0 aliphatic carbocycles. The summed E-state index contributed by atoms with van der Waals surface area (Å²) in [5.41, 5.74) is 3.28. The van der Waals surface area contributed by atoms with Crippen LogP contribution in [0.15, 0.2) is 40.2 Å². The molecule has 3 heterocycles. The molecule has 34 heavy (non-hydrogen) atoms. The average Bonchev–Trinajstić information content (AvgIpc) is 2.84. The Hall–Kier alpha value is -2.52. The Morgan fingerprint density at radius 3 is 2.12 bits per heavy atom. The van der Waals surface area contributed by atoms with Crippen LogP contribution in [0.1, 0.15) is 47.1 Å². The van der Waals surface area contributed by atoms with Gasteiger partial charge >= 0.3 is 0 Å². The fourth-order valence-corrected chi connectivity index (χ4v) is 5.27. The first-order valence-electron chi connectivity index (χ1n) is 11.8. The number of aryl methyl sites for hydroxylation is 2. The molecule has 1 aromatic heterocycles. The van der Waals surface area contributed by atoms with Crippen LogP contribution in [0.5, 0.6) is 0 Å². The molecule has 4 rings (SSSR count). The molecular formula is C25H33BrN6O2. The molecule has 2 saturated heterocycles. The van der Waals surface area contributed by atoms with E-state index in [9.17, 15) is 4.79 Å². The summed E-state index contributed by atoms with van der Waals surface area (Å²) >= 11 is 3.50. The first-order valence-corrected chi connectivity index (χ1v) is 12.6. The van der Waals surface area contributed by atoms with Crippen molar-refractivity contribution in [3.8, 4) is 0 Å². The van der Waals surface area contributed by atoms with Crippen molar-refractivity contribution < 1.29 is 9.63 Å². The SMILES string of the molecule is CO/N=C(\c1ccc(Br)cc1)N1CCN(C2(C)CCN(C(=O)c3c(C)ncnc3C)CC2)CC1. The van der Waals surface area contributed by atoms with Crippen LogP contribution in [0.25, 0.3) is 0 Å². The number of aromatic nitrogens is 2. The molecule has 0 unspecified atom stereocenters. The van der Waals surface area contributed by atoms with Gasteiger partial charge in [0.1, 0.15) is 13.4 Å². The lowest BCUT2D eigenvalue weighted by molar-refractivity contribution is 0.0121. The van der Waals surface area contributed by atoms with Gasteiger partial charge in [-0.3, -0.25) is 9.69 Å². The minimum Gasteiger partial charge on any atom is -0.397 e. The number of hydrogen-bond acceptors (Lipinski definition) is 6. The van der Waals surface area contributed by atoms with Gasteiger partial charge in [-0.1, -0.05) is 33.2 Å². The molecule has 0 atom stereocenters. The number of amidine groups is 1. The van der Waals surface area contributed by atoms with Crippen LogP contribution in [0.2, 0.25) is 0 Å². The van der Waals surface area contributed by atoms with Gasteiger partial charge in [-0.25, -0.2) is 9.97 Å². The maximum Gasteiger partial charge on any atom is 0.257 e. The number of benzene rings is 1. The largest absolute Gasteiger partial charge is 0.397 e. The predicted octanol–water partition coefficient (Wildman–Crippen LogP) is 3.48. The highest BCUT2D eigenvalue weighted by molar-refractivity contribution is 9.10. The molecule has 2 aliphatic rings. The van der Waals surface area contributed by atoms with E-state index in [0.717, 1.165) is 79.4 Å². The van der Waals surface area contributed by atoms with Crippen LogP contribution < -0.4 is 0 Å². The maximum absolute atomic E-state index is 13.2. The number of nitrogens with zero attached hydrogens (tertiary/aromatic N) is 6. The molecule has 1 amide bonds. The first-order chi connectivity index (χ1) is 16.3. The van der Waals surface area contributed by atoms with Gasteiger partial charge in [-0.2, -0.15) is 0 Å². The van der Waals surface area contributed by atoms with E-state index in [4.69, 9.17) is 4.84 Å². The molecule has 9 heteroatoms. The molecular weight excluding hydrogens is 496 g/mol. The van der Waals surface area contributed by atoms with Gasteiger partial charge in [0.25, 0.3) is 5.91 Å².